The van der Waals surface area contributed by atoms with Crippen LogP contribution in [0.4, 0.5) is 17.1 Å². The van der Waals surface area contributed by atoms with Crippen LogP contribution in [0.3, 0.4) is 0 Å². The molecule has 1 aromatic heterocycles. The highest BCUT2D eigenvalue weighted by Crippen LogP contribution is 2.61. The average molecular weight is 816 g/mol. The molecule has 2 heteroatoms. The molecule has 0 radical (unpaired) electrons. The zero-order valence-electron chi connectivity index (χ0n) is 35.0. The highest BCUT2D eigenvalue weighted by molar-refractivity contribution is 6.13. The molecule has 0 N–H and O–H groups in total. The Morgan fingerprint density at radius 2 is 0.672 bits per heavy atom. The number of anilines is 3. The number of rotatable bonds is 7. The smallest absolute Gasteiger partial charge is 0.143 e. The Bertz CT molecular complexity index is 3490. The van der Waals surface area contributed by atoms with Gasteiger partial charge in [0, 0.05) is 45.1 Å². The van der Waals surface area contributed by atoms with Gasteiger partial charge in [-0.05, 0) is 97.1 Å². The van der Waals surface area contributed by atoms with Crippen LogP contribution in [-0.4, -0.2) is 0 Å². The second kappa shape index (κ2) is 14.7. The quantitative estimate of drug-likeness (QED) is 0.159. The maximum Gasteiger partial charge on any atom is 0.143 e. The third-order valence-corrected chi connectivity index (χ3v) is 13.7. The van der Waals surface area contributed by atoms with Crippen molar-refractivity contribution in [3.8, 4) is 44.5 Å². The van der Waals surface area contributed by atoms with Crippen LogP contribution < -0.4 is 4.90 Å². The van der Waals surface area contributed by atoms with Crippen LogP contribution in [0.1, 0.15) is 45.2 Å². The SMILES string of the molecule is c1ccc(-c2ccc(N(c3ccc(-c4cccc5c4oc4c(-c6ccccc6)cccc45)cc3)c3ccc(-c4ccccc4)c4c3C3c5ccccc5C4c4ccccc43)cc2)cc1. The van der Waals surface area contributed by atoms with Crippen LogP contribution in [0.25, 0.3) is 66.4 Å². The maximum atomic E-state index is 6.87. The Balaban J connectivity index is 1.01. The molecule has 0 saturated heterocycles. The van der Waals surface area contributed by atoms with Gasteiger partial charge in [-0.3, -0.25) is 0 Å². The van der Waals surface area contributed by atoms with Gasteiger partial charge in [0.25, 0.3) is 0 Å². The van der Waals surface area contributed by atoms with Crippen molar-refractivity contribution < 1.29 is 4.42 Å². The van der Waals surface area contributed by atoms with Gasteiger partial charge >= 0.3 is 0 Å². The molecule has 0 unspecified atom stereocenters. The summed E-state index contributed by atoms with van der Waals surface area (Å²) in [5, 5.41) is 2.25. The summed E-state index contributed by atoms with van der Waals surface area (Å²) < 4.78 is 6.87. The minimum absolute atomic E-state index is 0.0721. The summed E-state index contributed by atoms with van der Waals surface area (Å²) >= 11 is 0. The van der Waals surface area contributed by atoms with Gasteiger partial charge in [0.15, 0.2) is 0 Å². The minimum atomic E-state index is 0.0721. The molecule has 2 bridgehead atoms. The highest BCUT2D eigenvalue weighted by Gasteiger charge is 2.44. The fourth-order valence-corrected chi connectivity index (χ4v) is 10.9. The van der Waals surface area contributed by atoms with Crippen LogP contribution in [0.15, 0.2) is 241 Å². The molecular formula is C62H41NO. The Hall–Kier alpha value is -8.20. The molecule has 300 valence electrons. The van der Waals surface area contributed by atoms with Gasteiger partial charge in [0.1, 0.15) is 11.2 Å². The van der Waals surface area contributed by atoms with Gasteiger partial charge in [-0.2, -0.15) is 0 Å². The zero-order valence-corrected chi connectivity index (χ0v) is 35.0. The zero-order chi connectivity index (χ0) is 42.1. The lowest BCUT2D eigenvalue weighted by Gasteiger charge is -2.45. The van der Waals surface area contributed by atoms with E-state index >= 15 is 0 Å². The molecule has 3 aliphatic rings. The largest absolute Gasteiger partial charge is 0.455 e. The van der Waals surface area contributed by atoms with E-state index in [0.29, 0.717) is 0 Å². The molecule has 0 aliphatic heterocycles. The fraction of sp³-hybridized carbons (Fsp3) is 0.0323. The van der Waals surface area contributed by atoms with Crippen LogP contribution in [0.5, 0.6) is 0 Å². The highest BCUT2D eigenvalue weighted by atomic mass is 16.3. The third kappa shape index (κ3) is 5.66. The van der Waals surface area contributed by atoms with Gasteiger partial charge in [-0.1, -0.05) is 206 Å². The molecular weight excluding hydrogens is 775 g/mol. The van der Waals surface area contributed by atoms with E-state index in [0.717, 1.165) is 55.6 Å². The lowest BCUT2D eigenvalue weighted by molar-refractivity contribution is 0.671. The van der Waals surface area contributed by atoms with Crippen LogP contribution in [0.2, 0.25) is 0 Å². The summed E-state index contributed by atoms with van der Waals surface area (Å²) in [5.74, 6) is 0.182. The minimum Gasteiger partial charge on any atom is -0.455 e. The van der Waals surface area contributed by atoms with Crippen molar-refractivity contribution >= 4 is 39.0 Å². The molecule has 2 nitrogen and oxygen atoms in total. The molecule has 0 atom stereocenters. The van der Waals surface area contributed by atoms with Crippen molar-refractivity contribution in [2.75, 3.05) is 4.90 Å². The molecule has 0 amide bonds. The van der Waals surface area contributed by atoms with Crippen molar-refractivity contribution in [1.29, 1.82) is 0 Å². The summed E-state index contributed by atoms with van der Waals surface area (Å²) in [5.41, 5.74) is 23.0. The standard InChI is InChI=1S/C62H41NO/c1-4-16-40(17-5-1)41-30-34-45(35-31-41)63(46-36-32-44(33-37-46)49-27-15-29-55-54-28-14-26-48(61(54)64-62(49)55)43-20-8-3-9-21-43)56-39-38-47(42-18-6-2-7-19-42)59-57-50-22-10-12-24-52(50)58(60(56)59)53-25-13-11-23-51(53)57/h1-39,57-58H. The lowest BCUT2D eigenvalue weighted by Crippen LogP contribution is -2.30. The molecule has 10 aromatic carbocycles. The summed E-state index contributed by atoms with van der Waals surface area (Å²) in [7, 11) is 0. The van der Waals surface area contributed by atoms with Gasteiger partial charge < -0.3 is 9.32 Å². The van der Waals surface area contributed by atoms with Crippen molar-refractivity contribution in [3.63, 3.8) is 0 Å². The molecule has 1 heterocycles. The summed E-state index contributed by atoms with van der Waals surface area (Å²) in [6.45, 7) is 0. The molecule has 14 rings (SSSR count). The van der Waals surface area contributed by atoms with E-state index in [2.05, 4.69) is 241 Å². The number of benzene rings is 10. The number of furan rings is 1. The van der Waals surface area contributed by atoms with Gasteiger partial charge in [-0.15, -0.1) is 0 Å². The van der Waals surface area contributed by atoms with E-state index in [1.165, 1.54) is 61.3 Å². The first-order valence-electron chi connectivity index (χ1n) is 22.2. The molecule has 0 saturated carbocycles. The van der Waals surface area contributed by atoms with Gasteiger partial charge in [0.05, 0.1) is 5.69 Å². The molecule has 0 spiro atoms. The second-order valence-electron chi connectivity index (χ2n) is 17.1. The van der Waals surface area contributed by atoms with Crippen LogP contribution in [0, 0.1) is 0 Å². The summed E-state index contributed by atoms with van der Waals surface area (Å²) in [6.07, 6.45) is 0. The number of fused-ring (bicyclic) bond motifs is 3. The summed E-state index contributed by atoms with van der Waals surface area (Å²) in [4.78, 5) is 2.49. The van der Waals surface area contributed by atoms with E-state index in [1.54, 1.807) is 0 Å². The third-order valence-electron chi connectivity index (χ3n) is 13.7. The summed E-state index contributed by atoms with van der Waals surface area (Å²) in [6, 6.07) is 86.4. The monoisotopic (exact) mass is 815 g/mol. The molecule has 0 fully saturated rings. The Kier molecular flexibility index (Phi) is 8.39. The van der Waals surface area contributed by atoms with Gasteiger partial charge in [-0.25, -0.2) is 0 Å². The Morgan fingerprint density at radius 1 is 0.281 bits per heavy atom. The Morgan fingerprint density at radius 3 is 1.17 bits per heavy atom. The van der Waals surface area contributed by atoms with Crippen molar-refractivity contribution in [2.24, 2.45) is 0 Å². The van der Waals surface area contributed by atoms with E-state index in [4.69, 9.17) is 4.42 Å². The predicted molar refractivity (Wildman–Crippen MR) is 265 cm³/mol. The molecule has 11 aromatic rings. The van der Waals surface area contributed by atoms with E-state index < -0.39 is 0 Å². The van der Waals surface area contributed by atoms with Gasteiger partial charge in [0.2, 0.25) is 0 Å². The number of hydrogen-bond donors (Lipinski definition) is 0. The number of hydrogen-bond acceptors (Lipinski definition) is 2. The van der Waals surface area contributed by atoms with E-state index in [-0.39, 0.29) is 11.8 Å². The first kappa shape index (κ1) is 36.5. The first-order chi connectivity index (χ1) is 31.8. The Labute approximate surface area is 373 Å². The fourth-order valence-electron chi connectivity index (χ4n) is 10.9. The molecule has 3 aliphatic carbocycles. The van der Waals surface area contributed by atoms with Crippen LogP contribution >= 0.6 is 0 Å². The molecule has 64 heavy (non-hydrogen) atoms. The first-order valence-corrected chi connectivity index (χ1v) is 22.2. The number of para-hydroxylation sites is 2. The van der Waals surface area contributed by atoms with Crippen molar-refractivity contribution in [3.05, 3.63) is 270 Å². The normalized spacial score (nSPS) is 14.6. The average Bonchev–Trinajstić information content (AvgIpc) is 3.77. The van der Waals surface area contributed by atoms with E-state index in [1.807, 2.05) is 0 Å². The lowest BCUT2D eigenvalue weighted by atomic mass is 9.59. The topological polar surface area (TPSA) is 16.4 Å². The number of nitrogens with zero attached hydrogens (tertiary/aromatic N) is 1. The predicted octanol–water partition coefficient (Wildman–Crippen LogP) is 16.7. The van der Waals surface area contributed by atoms with Crippen molar-refractivity contribution in [1.82, 2.24) is 0 Å². The van der Waals surface area contributed by atoms with Crippen molar-refractivity contribution in [2.45, 2.75) is 11.8 Å². The van der Waals surface area contributed by atoms with E-state index in [9.17, 15) is 0 Å². The maximum absolute atomic E-state index is 6.87. The second-order valence-corrected chi connectivity index (χ2v) is 17.1. The van der Waals surface area contributed by atoms with Crippen LogP contribution in [-0.2, 0) is 0 Å².